The third-order valence-electron chi connectivity index (χ3n) is 3.67. The standard InChI is InChI=1S/C15H22N2O5S/c1-10-8-17(9-11(2)22-10)23(19,20)12-5-6-14(21-4)13(7-12)15(18)16-3/h5-7,10-11H,8-9H2,1-4H3,(H,16,18)/t10-,11-/m0/s1. The van der Waals surface area contributed by atoms with Gasteiger partial charge in [-0.1, -0.05) is 0 Å². The number of carbonyl (C=O) groups is 1. The van der Waals surface area contributed by atoms with Gasteiger partial charge in [-0.25, -0.2) is 8.42 Å². The zero-order chi connectivity index (χ0) is 17.2. The van der Waals surface area contributed by atoms with E-state index in [1.165, 1.54) is 36.7 Å². The fourth-order valence-corrected chi connectivity index (χ4v) is 4.25. The second kappa shape index (κ2) is 6.86. The first kappa shape index (κ1) is 17.7. The molecule has 128 valence electrons. The molecule has 1 aliphatic heterocycles. The van der Waals surface area contributed by atoms with Crippen molar-refractivity contribution in [1.82, 2.24) is 9.62 Å². The molecule has 0 spiro atoms. The van der Waals surface area contributed by atoms with Crippen LogP contribution in [-0.4, -0.2) is 58.1 Å². The molecule has 0 unspecified atom stereocenters. The quantitative estimate of drug-likeness (QED) is 0.877. The molecular formula is C15H22N2O5S. The van der Waals surface area contributed by atoms with E-state index in [0.29, 0.717) is 5.75 Å². The molecule has 0 aliphatic carbocycles. The smallest absolute Gasteiger partial charge is 0.254 e. The van der Waals surface area contributed by atoms with Crippen molar-refractivity contribution >= 4 is 15.9 Å². The summed E-state index contributed by atoms with van der Waals surface area (Å²) in [6.07, 6.45) is -0.352. The van der Waals surface area contributed by atoms with Crippen molar-refractivity contribution in [2.75, 3.05) is 27.2 Å². The zero-order valence-electron chi connectivity index (χ0n) is 13.7. The van der Waals surface area contributed by atoms with E-state index in [0.717, 1.165) is 0 Å². The van der Waals surface area contributed by atoms with E-state index in [2.05, 4.69) is 5.32 Å². The maximum absolute atomic E-state index is 12.8. The molecule has 1 aromatic carbocycles. The fourth-order valence-electron chi connectivity index (χ4n) is 2.64. The third-order valence-corrected chi connectivity index (χ3v) is 5.49. The molecular weight excluding hydrogens is 320 g/mol. The highest BCUT2D eigenvalue weighted by Gasteiger charge is 2.32. The summed E-state index contributed by atoms with van der Waals surface area (Å²) in [7, 11) is -0.787. The van der Waals surface area contributed by atoms with Crippen molar-refractivity contribution in [2.45, 2.75) is 31.0 Å². The zero-order valence-corrected chi connectivity index (χ0v) is 14.5. The number of hydrogen-bond donors (Lipinski definition) is 1. The topological polar surface area (TPSA) is 84.9 Å². The number of amides is 1. The monoisotopic (exact) mass is 342 g/mol. The first-order valence-electron chi connectivity index (χ1n) is 7.35. The van der Waals surface area contributed by atoms with Gasteiger partial charge in [0.25, 0.3) is 5.91 Å². The van der Waals surface area contributed by atoms with Gasteiger partial charge in [0.15, 0.2) is 0 Å². The van der Waals surface area contributed by atoms with Crippen LogP contribution in [0.5, 0.6) is 5.75 Å². The first-order chi connectivity index (χ1) is 10.8. The molecule has 0 saturated carbocycles. The molecule has 8 heteroatoms. The summed E-state index contributed by atoms with van der Waals surface area (Å²) < 4.78 is 37.8. The SMILES string of the molecule is CNC(=O)c1cc(S(=O)(=O)N2C[C@H](C)O[C@@H](C)C2)ccc1OC. The lowest BCUT2D eigenvalue weighted by Gasteiger charge is -2.34. The molecule has 1 amide bonds. The van der Waals surface area contributed by atoms with E-state index < -0.39 is 15.9 Å². The van der Waals surface area contributed by atoms with Gasteiger partial charge in [0.2, 0.25) is 10.0 Å². The number of morpholine rings is 1. The predicted molar refractivity (Wildman–Crippen MR) is 85.2 cm³/mol. The molecule has 1 heterocycles. The summed E-state index contributed by atoms with van der Waals surface area (Å²) in [6.45, 7) is 4.24. The van der Waals surface area contributed by atoms with Crippen LogP contribution in [0.15, 0.2) is 23.1 Å². The maximum atomic E-state index is 12.8. The summed E-state index contributed by atoms with van der Waals surface area (Å²) in [6, 6.07) is 4.29. The van der Waals surface area contributed by atoms with Gasteiger partial charge in [-0.2, -0.15) is 4.31 Å². The number of benzene rings is 1. The Bertz CT molecular complexity index is 679. The van der Waals surface area contributed by atoms with Gasteiger partial charge in [-0.05, 0) is 32.0 Å². The van der Waals surface area contributed by atoms with Gasteiger partial charge in [-0.3, -0.25) is 4.79 Å². The molecule has 1 saturated heterocycles. The molecule has 2 atom stereocenters. The summed E-state index contributed by atoms with van der Waals surface area (Å²) in [4.78, 5) is 12.0. The molecule has 0 bridgehead atoms. The van der Waals surface area contributed by atoms with Crippen molar-refractivity contribution in [2.24, 2.45) is 0 Å². The van der Waals surface area contributed by atoms with Crippen LogP contribution in [0, 0.1) is 0 Å². The number of sulfonamides is 1. The van der Waals surface area contributed by atoms with Gasteiger partial charge < -0.3 is 14.8 Å². The number of ether oxygens (including phenoxy) is 2. The normalized spacial score (nSPS) is 22.6. The van der Waals surface area contributed by atoms with Crippen molar-refractivity contribution in [3.05, 3.63) is 23.8 Å². The lowest BCUT2D eigenvalue weighted by Crippen LogP contribution is -2.48. The number of nitrogens with one attached hydrogen (secondary N) is 1. The van der Waals surface area contributed by atoms with E-state index in [9.17, 15) is 13.2 Å². The van der Waals surface area contributed by atoms with Crippen LogP contribution in [0.1, 0.15) is 24.2 Å². The minimum absolute atomic E-state index is 0.0678. The second-order valence-corrected chi connectivity index (χ2v) is 7.46. The van der Waals surface area contributed by atoms with Crippen LogP contribution in [0.3, 0.4) is 0 Å². The Morgan fingerprint density at radius 1 is 1.30 bits per heavy atom. The van der Waals surface area contributed by atoms with Gasteiger partial charge >= 0.3 is 0 Å². The number of rotatable bonds is 4. The first-order valence-corrected chi connectivity index (χ1v) is 8.79. The van der Waals surface area contributed by atoms with Gasteiger partial charge in [0, 0.05) is 20.1 Å². The van der Waals surface area contributed by atoms with Gasteiger partial charge in [-0.15, -0.1) is 0 Å². The average molecular weight is 342 g/mol. The van der Waals surface area contributed by atoms with Gasteiger partial charge in [0.1, 0.15) is 5.75 Å². The lowest BCUT2D eigenvalue weighted by atomic mass is 10.2. The summed E-state index contributed by atoms with van der Waals surface area (Å²) in [5.74, 6) is -0.0744. The minimum atomic E-state index is -3.70. The number of methoxy groups -OCH3 is 1. The molecule has 0 aromatic heterocycles. The van der Waals surface area contributed by atoms with E-state index >= 15 is 0 Å². The van der Waals surface area contributed by atoms with Crippen molar-refractivity contribution in [3.8, 4) is 5.75 Å². The average Bonchev–Trinajstić information content (AvgIpc) is 2.52. The van der Waals surface area contributed by atoms with Crippen molar-refractivity contribution in [1.29, 1.82) is 0 Å². The Labute approximate surface area is 136 Å². The number of nitrogens with zero attached hydrogens (tertiary/aromatic N) is 1. The van der Waals surface area contributed by atoms with E-state index in [1.54, 1.807) is 0 Å². The van der Waals surface area contributed by atoms with Crippen LogP contribution in [0.25, 0.3) is 0 Å². The Morgan fingerprint density at radius 3 is 2.43 bits per heavy atom. The molecule has 1 fully saturated rings. The molecule has 0 radical (unpaired) electrons. The van der Waals surface area contributed by atoms with E-state index in [1.807, 2.05) is 13.8 Å². The van der Waals surface area contributed by atoms with E-state index in [-0.39, 0.29) is 35.8 Å². The highest BCUT2D eigenvalue weighted by Crippen LogP contribution is 2.26. The molecule has 7 nitrogen and oxygen atoms in total. The number of hydrogen-bond acceptors (Lipinski definition) is 5. The predicted octanol–water partition coefficient (Wildman–Crippen LogP) is 0.853. The molecule has 1 aromatic rings. The van der Waals surface area contributed by atoms with Crippen LogP contribution in [0.4, 0.5) is 0 Å². The summed E-state index contributed by atoms with van der Waals surface area (Å²) in [5.41, 5.74) is 0.186. The second-order valence-electron chi connectivity index (χ2n) is 5.52. The third kappa shape index (κ3) is 3.65. The molecule has 2 rings (SSSR count). The molecule has 23 heavy (non-hydrogen) atoms. The van der Waals surface area contributed by atoms with Crippen LogP contribution in [-0.2, 0) is 14.8 Å². The molecule has 1 N–H and O–H groups in total. The lowest BCUT2D eigenvalue weighted by molar-refractivity contribution is -0.0440. The highest BCUT2D eigenvalue weighted by atomic mass is 32.2. The molecule has 1 aliphatic rings. The Hall–Kier alpha value is -1.64. The fraction of sp³-hybridized carbons (Fsp3) is 0.533. The van der Waals surface area contributed by atoms with Crippen LogP contribution < -0.4 is 10.1 Å². The van der Waals surface area contributed by atoms with Crippen LogP contribution in [0.2, 0.25) is 0 Å². The maximum Gasteiger partial charge on any atom is 0.254 e. The largest absolute Gasteiger partial charge is 0.496 e. The van der Waals surface area contributed by atoms with Crippen molar-refractivity contribution in [3.63, 3.8) is 0 Å². The van der Waals surface area contributed by atoms with E-state index in [4.69, 9.17) is 9.47 Å². The Balaban J connectivity index is 2.42. The minimum Gasteiger partial charge on any atom is -0.496 e. The van der Waals surface area contributed by atoms with Crippen molar-refractivity contribution < 1.29 is 22.7 Å². The highest BCUT2D eigenvalue weighted by molar-refractivity contribution is 7.89. The van der Waals surface area contributed by atoms with Gasteiger partial charge in [0.05, 0.1) is 29.8 Å². The Morgan fingerprint density at radius 2 is 1.91 bits per heavy atom. The summed E-state index contributed by atoms with van der Waals surface area (Å²) >= 11 is 0. The Kier molecular flexibility index (Phi) is 5.28. The summed E-state index contributed by atoms with van der Waals surface area (Å²) in [5, 5.41) is 2.48. The number of carbonyl (C=O) groups excluding carboxylic acids is 1. The van der Waals surface area contributed by atoms with Crippen LogP contribution >= 0.6 is 0 Å².